The van der Waals surface area contributed by atoms with Crippen molar-refractivity contribution in [2.24, 2.45) is 0 Å². The van der Waals surface area contributed by atoms with Gasteiger partial charge in [0, 0.05) is 11.6 Å². The second kappa shape index (κ2) is 9.04. The molecule has 0 aliphatic carbocycles. The van der Waals surface area contributed by atoms with E-state index >= 15 is 0 Å². The first kappa shape index (κ1) is 20.7. The van der Waals surface area contributed by atoms with Gasteiger partial charge in [-0.2, -0.15) is 0 Å². The fourth-order valence-electron chi connectivity index (χ4n) is 4.12. The number of aliphatic carboxylic acids is 1. The number of hydrogen-bond donors (Lipinski definition) is 2. The third kappa shape index (κ3) is 4.60. The third-order valence-corrected chi connectivity index (χ3v) is 5.69. The molecule has 1 saturated heterocycles. The molecule has 0 bridgehead atoms. The molecule has 0 unspecified atom stereocenters. The molecular formula is C24H24N2O5. The van der Waals surface area contributed by atoms with Crippen LogP contribution in [0.2, 0.25) is 0 Å². The Kier molecular flexibility index (Phi) is 6.02. The van der Waals surface area contributed by atoms with Crippen LogP contribution in [0.3, 0.4) is 0 Å². The van der Waals surface area contributed by atoms with Gasteiger partial charge in [-0.1, -0.05) is 30.4 Å². The number of fused-ring (bicyclic) bond motifs is 1. The molecule has 3 atom stereocenters. The molecule has 0 radical (unpaired) electrons. The molecule has 31 heavy (non-hydrogen) atoms. The quantitative estimate of drug-likeness (QED) is 0.723. The maximum atomic E-state index is 13.1. The number of hydrogen-bond acceptors (Lipinski definition) is 4. The molecule has 7 nitrogen and oxygen atoms in total. The van der Waals surface area contributed by atoms with Gasteiger partial charge in [-0.3, -0.25) is 9.59 Å². The minimum atomic E-state index is -1.00. The van der Waals surface area contributed by atoms with E-state index in [4.69, 9.17) is 4.74 Å². The average Bonchev–Trinajstić information content (AvgIpc) is 3.19. The zero-order chi connectivity index (χ0) is 21.8. The number of rotatable bonds is 5. The summed E-state index contributed by atoms with van der Waals surface area (Å²) in [4.78, 5) is 38.9. The minimum absolute atomic E-state index is 0.140. The van der Waals surface area contributed by atoms with E-state index in [2.05, 4.69) is 5.32 Å². The van der Waals surface area contributed by atoms with Crippen LogP contribution in [0.1, 0.15) is 36.0 Å². The summed E-state index contributed by atoms with van der Waals surface area (Å²) >= 11 is 0. The highest BCUT2D eigenvalue weighted by Gasteiger charge is 2.43. The van der Waals surface area contributed by atoms with Gasteiger partial charge in [-0.25, -0.2) is 4.79 Å². The van der Waals surface area contributed by atoms with Gasteiger partial charge in [0.1, 0.15) is 23.6 Å². The molecule has 2 aromatic carbocycles. The summed E-state index contributed by atoms with van der Waals surface area (Å²) in [5, 5.41) is 12.3. The van der Waals surface area contributed by atoms with Gasteiger partial charge in [-0.05, 0) is 62.1 Å². The van der Waals surface area contributed by atoms with E-state index in [0.717, 1.165) is 0 Å². The summed E-state index contributed by atoms with van der Waals surface area (Å²) < 4.78 is 5.73. The second-order valence-corrected chi connectivity index (χ2v) is 7.74. The van der Waals surface area contributed by atoms with Crippen LogP contribution >= 0.6 is 0 Å². The van der Waals surface area contributed by atoms with E-state index in [1.165, 1.54) is 4.90 Å². The first-order valence-corrected chi connectivity index (χ1v) is 10.4. The molecule has 2 aromatic rings. The monoisotopic (exact) mass is 420 g/mol. The van der Waals surface area contributed by atoms with Gasteiger partial charge in [0.2, 0.25) is 5.91 Å². The predicted molar refractivity (Wildman–Crippen MR) is 114 cm³/mol. The summed E-state index contributed by atoms with van der Waals surface area (Å²) in [7, 11) is 0. The minimum Gasteiger partial charge on any atom is -0.480 e. The van der Waals surface area contributed by atoms with E-state index in [1.54, 1.807) is 24.3 Å². The van der Waals surface area contributed by atoms with Crippen molar-refractivity contribution in [3.05, 3.63) is 72.3 Å². The van der Waals surface area contributed by atoms with Crippen molar-refractivity contribution < 1.29 is 24.2 Å². The van der Waals surface area contributed by atoms with Crippen molar-refractivity contribution in [1.29, 1.82) is 0 Å². The molecule has 0 spiro atoms. The van der Waals surface area contributed by atoms with E-state index in [9.17, 15) is 19.5 Å². The van der Waals surface area contributed by atoms with Crippen LogP contribution in [0.5, 0.6) is 11.5 Å². The summed E-state index contributed by atoms with van der Waals surface area (Å²) in [5.74, 6) is -0.436. The second-order valence-electron chi connectivity index (χ2n) is 7.74. The number of carboxylic acid groups (broad SMARTS) is 1. The van der Waals surface area contributed by atoms with Crippen LogP contribution in [0.4, 0.5) is 0 Å². The highest BCUT2D eigenvalue weighted by atomic mass is 16.5. The Morgan fingerprint density at radius 3 is 2.32 bits per heavy atom. The Morgan fingerprint density at radius 2 is 1.61 bits per heavy atom. The summed E-state index contributed by atoms with van der Waals surface area (Å²) in [5.41, 5.74) is 0.395. The molecule has 0 saturated carbocycles. The van der Waals surface area contributed by atoms with Gasteiger partial charge in [0.25, 0.3) is 5.91 Å². The summed E-state index contributed by atoms with van der Waals surface area (Å²) in [6.07, 6.45) is 5.89. The normalized spacial score (nSPS) is 22.9. The third-order valence-electron chi connectivity index (χ3n) is 5.69. The standard InChI is InChI=1S/C24H24N2O5/c27-22(16-10-13-19(14-11-16)31-18-7-2-1-3-8-18)25-20-9-5-4-6-17-12-15-21(24(29)30)26(17)23(20)28/h1-5,7-8,10-11,13-14,17,20-21H,6,9,12,15H2,(H,25,27)(H,29,30)/t17-,20+,21+/m1/s1. The molecule has 2 N–H and O–H groups in total. The smallest absolute Gasteiger partial charge is 0.326 e. The number of ether oxygens (including phenoxy) is 1. The Morgan fingerprint density at radius 1 is 0.935 bits per heavy atom. The van der Waals surface area contributed by atoms with E-state index in [1.807, 2.05) is 42.5 Å². The van der Waals surface area contributed by atoms with Crippen LogP contribution in [0.25, 0.3) is 0 Å². The Balaban J connectivity index is 1.45. The van der Waals surface area contributed by atoms with Crippen molar-refractivity contribution in [3.8, 4) is 11.5 Å². The zero-order valence-electron chi connectivity index (χ0n) is 16.9. The van der Waals surface area contributed by atoms with Crippen molar-refractivity contribution in [3.63, 3.8) is 0 Å². The molecular weight excluding hydrogens is 396 g/mol. The average molecular weight is 420 g/mol. The molecule has 4 rings (SSSR count). The number of para-hydroxylation sites is 1. The Hall–Kier alpha value is -3.61. The lowest BCUT2D eigenvalue weighted by molar-refractivity contribution is -0.150. The van der Waals surface area contributed by atoms with Gasteiger partial charge < -0.3 is 20.1 Å². The number of carbonyl (C=O) groups is 3. The van der Waals surface area contributed by atoms with E-state index < -0.39 is 18.1 Å². The number of benzene rings is 2. The van der Waals surface area contributed by atoms with Gasteiger partial charge in [0.05, 0.1) is 0 Å². The lowest BCUT2D eigenvalue weighted by Gasteiger charge is -2.32. The molecule has 7 heteroatoms. The largest absolute Gasteiger partial charge is 0.480 e. The van der Waals surface area contributed by atoms with Crippen molar-refractivity contribution in [2.45, 2.75) is 43.8 Å². The maximum absolute atomic E-state index is 13.1. The van der Waals surface area contributed by atoms with Crippen LogP contribution in [0.15, 0.2) is 66.7 Å². The molecule has 2 aliphatic heterocycles. The van der Waals surface area contributed by atoms with Crippen LogP contribution in [0, 0.1) is 0 Å². The van der Waals surface area contributed by atoms with Crippen LogP contribution in [-0.4, -0.2) is 45.9 Å². The van der Waals surface area contributed by atoms with Crippen LogP contribution < -0.4 is 10.1 Å². The number of carbonyl (C=O) groups excluding carboxylic acids is 2. The van der Waals surface area contributed by atoms with Crippen molar-refractivity contribution in [1.82, 2.24) is 10.2 Å². The lowest BCUT2D eigenvalue weighted by Crippen LogP contribution is -2.54. The maximum Gasteiger partial charge on any atom is 0.326 e. The molecule has 2 aliphatic rings. The van der Waals surface area contributed by atoms with Gasteiger partial charge in [0.15, 0.2) is 0 Å². The predicted octanol–water partition coefficient (Wildman–Crippen LogP) is 3.37. The van der Waals surface area contributed by atoms with Gasteiger partial charge in [-0.15, -0.1) is 0 Å². The fourth-order valence-corrected chi connectivity index (χ4v) is 4.12. The topological polar surface area (TPSA) is 95.9 Å². The highest BCUT2D eigenvalue weighted by molar-refractivity contribution is 5.98. The first-order valence-electron chi connectivity index (χ1n) is 10.4. The zero-order valence-corrected chi connectivity index (χ0v) is 16.9. The molecule has 2 heterocycles. The Bertz CT molecular complexity index is 987. The molecule has 0 aromatic heterocycles. The summed E-state index contributed by atoms with van der Waals surface area (Å²) in [6, 6.07) is 14.2. The molecule has 160 valence electrons. The first-order chi connectivity index (χ1) is 15.0. The lowest BCUT2D eigenvalue weighted by atomic mass is 10.0. The van der Waals surface area contributed by atoms with Gasteiger partial charge >= 0.3 is 5.97 Å². The number of carboxylic acids is 1. The SMILES string of the molecule is O=C(N[C@H]1CC=CC[C@@H]2CC[C@@H](C(=O)O)N2C1=O)c1ccc(Oc2ccccc2)cc1. The molecule has 2 amide bonds. The van der Waals surface area contributed by atoms with Crippen LogP contribution in [-0.2, 0) is 9.59 Å². The number of nitrogens with zero attached hydrogens (tertiary/aromatic N) is 1. The number of nitrogens with one attached hydrogen (secondary N) is 1. The van der Waals surface area contributed by atoms with E-state index in [-0.39, 0.29) is 17.9 Å². The highest BCUT2D eigenvalue weighted by Crippen LogP contribution is 2.29. The van der Waals surface area contributed by atoms with Crippen molar-refractivity contribution in [2.75, 3.05) is 0 Å². The van der Waals surface area contributed by atoms with E-state index in [0.29, 0.717) is 42.7 Å². The fraction of sp³-hybridized carbons (Fsp3) is 0.292. The van der Waals surface area contributed by atoms with Crippen molar-refractivity contribution >= 4 is 17.8 Å². The summed E-state index contributed by atoms with van der Waals surface area (Å²) in [6.45, 7) is 0. The number of amides is 2. The Labute approximate surface area is 180 Å². The molecule has 1 fully saturated rings.